The standard InChI is InChI=1S/C15H23N3O5S/c1-3-9-23-14-13(15(19)20)10-12(11-16-14)24(21,22)18-7-5-17(4-2)6-8-18/h10-11H,3-9H2,1-2H3,(H,19,20). The Kier molecular flexibility index (Phi) is 6.14. The van der Waals surface area contributed by atoms with Gasteiger partial charge in [0, 0.05) is 26.2 Å². The maximum absolute atomic E-state index is 12.7. The van der Waals surface area contributed by atoms with Crippen molar-refractivity contribution in [2.75, 3.05) is 39.3 Å². The number of carboxylic acids is 1. The molecule has 1 aliphatic heterocycles. The summed E-state index contributed by atoms with van der Waals surface area (Å²) in [5.74, 6) is -1.32. The normalized spacial score (nSPS) is 16.9. The Morgan fingerprint density at radius 3 is 2.50 bits per heavy atom. The SMILES string of the molecule is CCCOc1ncc(S(=O)(=O)N2CCN(CC)CC2)cc1C(=O)O. The molecule has 0 unspecified atom stereocenters. The van der Waals surface area contributed by atoms with Crippen molar-refractivity contribution >= 4 is 16.0 Å². The Balaban J connectivity index is 2.27. The number of nitrogens with zero attached hydrogens (tertiary/aromatic N) is 3. The van der Waals surface area contributed by atoms with Gasteiger partial charge in [-0.05, 0) is 19.0 Å². The van der Waals surface area contributed by atoms with Gasteiger partial charge in [-0.2, -0.15) is 4.31 Å². The van der Waals surface area contributed by atoms with Crippen LogP contribution < -0.4 is 4.74 Å². The monoisotopic (exact) mass is 357 g/mol. The molecule has 2 heterocycles. The first-order valence-corrected chi connectivity index (χ1v) is 9.42. The van der Waals surface area contributed by atoms with Crippen molar-refractivity contribution in [2.45, 2.75) is 25.2 Å². The lowest BCUT2D eigenvalue weighted by atomic mass is 10.3. The van der Waals surface area contributed by atoms with E-state index in [0.717, 1.165) is 12.6 Å². The number of rotatable bonds is 7. The van der Waals surface area contributed by atoms with Crippen LogP contribution >= 0.6 is 0 Å². The minimum Gasteiger partial charge on any atom is -0.477 e. The van der Waals surface area contributed by atoms with E-state index in [1.807, 2.05) is 13.8 Å². The van der Waals surface area contributed by atoms with Crippen molar-refractivity contribution in [3.8, 4) is 5.88 Å². The third-order valence-electron chi connectivity index (χ3n) is 3.92. The van der Waals surface area contributed by atoms with Crippen molar-refractivity contribution in [1.29, 1.82) is 0 Å². The fraction of sp³-hybridized carbons (Fsp3) is 0.600. The number of piperazine rings is 1. The minimum absolute atomic E-state index is 0.0564. The zero-order valence-corrected chi connectivity index (χ0v) is 14.8. The van der Waals surface area contributed by atoms with Crippen LogP contribution in [-0.2, 0) is 10.0 Å². The molecule has 0 aliphatic carbocycles. The Morgan fingerprint density at radius 2 is 1.96 bits per heavy atom. The fourth-order valence-corrected chi connectivity index (χ4v) is 3.87. The van der Waals surface area contributed by atoms with Crippen LogP contribution in [0.15, 0.2) is 17.2 Å². The molecule has 1 aromatic heterocycles. The molecule has 1 aromatic rings. The van der Waals surface area contributed by atoms with E-state index in [-0.39, 0.29) is 16.3 Å². The lowest BCUT2D eigenvalue weighted by Crippen LogP contribution is -2.48. The molecule has 2 rings (SSSR count). The number of carbonyl (C=O) groups is 1. The lowest BCUT2D eigenvalue weighted by molar-refractivity contribution is 0.0690. The number of carboxylic acid groups (broad SMARTS) is 1. The molecule has 8 nitrogen and oxygen atoms in total. The highest BCUT2D eigenvalue weighted by atomic mass is 32.2. The van der Waals surface area contributed by atoms with Gasteiger partial charge in [-0.15, -0.1) is 0 Å². The Labute approximate surface area is 142 Å². The van der Waals surface area contributed by atoms with E-state index in [0.29, 0.717) is 39.2 Å². The summed E-state index contributed by atoms with van der Waals surface area (Å²) >= 11 is 0. The van der Waals surface area contributed by atoms with Gasteiger partial charge in [0.1, 0.15) is 10.5 Å². The lowest BCUT2D eigenvalue weighted by Gasteiger charge is -2.33. The van der Waals surface area contributed by atoms with Crippen LogP contribution in [0.4, 0.5) is 0 Å². The molecular formula is C15H23N3O5S. The average Bonchev–Trinajstić information content (AvgIpc) is 2.59. The smallest absolute Gasteiger partial charge is 0.341 e. The quantitative estimate of drug-likeness (QED) is 0.773. The van der Waals surface area contributed by atoms with E-state index in [1.54, 1.807) is 0 Å². The van der Waals surface area contributed by atoms with Crippen molar-refractivity contribution < 1.29 is 23.1 Å². The number of aromatic carboxylic acids is 1. The topological polar surface area (TPSA) is 100 Å². The van der Waals surface area contributed by atoms with Crippen LogP contribution in [0, 0.1) is 0 Å². The number of aromatic nitrogens is 1. The van der Waals surface area contributed by atoms with E-state index in [1.165, 1.54) is 10.5 Å². The zero-order chi connectivity index (χ0) is 17.7. The number of ether oxygens (including phenoxy) is 1. The second kappa shape index (κ2) is 7.91. The van der Waals surface area contributed by atoms with Gasteiger partial charge >= 0.3 is 5.97 Å². The van der Waals surface area contributed by atoms with Crippen LogP contribution in [-0.4, -0.2) is 73.0 Å². The first-order chi connectivity index (χ1) is 11.4. The molecule has 1 saturated heterocycles. The van der Waals surface area contributed by atoms with E-state index in [4.69, 9.17) is 4.74 Å². The average molecular weight is 357 g/mol. The Hall–Kier alpha value is -1.71. The second-order valence-corrected chi connectivity index (χ2v) is 7.45. The third kappa shape index (κ3) is 4.03. The second-order valence-electron chi connectivity index (χ2n) is 5.52. The third-order valence-corrected chi connectivity index (χ3v) is 5.78. The van der Waals surface area contributed by atoms with E-state index in [9.17, 15) is 18.3 Å². The van der Waals surface area contributed by atoms with Crippen LogP contribution in [0.5, 0.6) is 5.88 Å². The van der Waals surface area contributed by atoms with E-state index < -0.39 is 16.0 Å². The van der Waals surface area contributed by atoms with Crippen LogP contribution in [0.25, 0.3) is 0 Å². The van der Waals surface area contributed by atoms with Crippen molar-refractivity contribution in [3.05, 3.63) is 17.8 Å². The number of sulfonamides is 1. The number of likely N-dealkylation sites (N-methyl/N-ethyl adjacent to an activating group) is 1. The molecule has 1 N–H and O–H groups in total. The van der Waals surface area contributed by atoms with Gasteiger partial charge in [0.05, 0.1) is 12.8 Å². The molecule has 24 heavy (non-hydrogen) atoms. The molecule has 1 fully saturated rings. The molecule has 0 aromatic carbocycles. The van der Waals surface area contributed by atoms with Gasteiger partial charge in [0.25, 0.3) is 0 Å². The minimum atomic E-state index is -3.76. The van der Waals surface area contributed by atoms with Gasteiger partial charge in [-0.3, -0.25) is 0 Å². The van der Waals surface area contributed by atoms with E-state index >= 15 is 0 Å². The highest BCUT2D eigenvalue weighted by Gasteiger charge is 2.29. The van der Waals surface area contributed by atoms with Crippen LogP contribution in [0.1, 0.15) is 30.6 Å². The largest absolute Gasteiger partial charge is 0.477 e. The highest BCUT2D eigenvalue weighted by molar-refractivity contribution is 7.89. The number of hydrogen-bond acceptors (Lipinski definition) is 6. The summed E-state index contributed by atoms with van der Waals surface area (Å²) < 4.78 is 32.1. The summed E-state index contributed by atoms with van der Waals surface area (Å²) in [5.41, 5.74) is -0.239. The molecule has 0 amide bonds. The summed E-state index contributed by atoms with van der Waals surface area (Å²) in [5, 5.41) is 9.30. The van der Waals surface area contributed by atoms with Gasteiger partial charge < -0.3 is 14.7 Å². The van der Waals surface area contributed by atoms with Crippen LogP contribution in [0.2, 0.25) is 0 Å². The first-order valence-electron chi connectivity index (χ1n) is 7.98. The molecule has 1 aliphatic rings. The van der Waals surface area contributed by atoms with Gasteiger partial charge in [-0.1, -0.05) is 13.8 Å². The summed E-state index contributed by atoms with van der Waals surface area (Å²) in [4.78, 5) is 17.3. The molecule has 9 heteroatoms. The van der Waals surface area contributed by atoms with Gasteiger partial charge in [0.2, 0.25) is 15.9 Å². The van der Waals surface area contributed by atoms with Crippen molar-refractivity contribution in [1.82, 2.24) is 14.2 Å². The molecule has 0 atom stereocenters. The van der Waals surface area contributed by atoms with Crippen molar-refractivity contribution in [3.63, 3.8) is 0 Å². The summed E-state index contributed by atoms with van der Waals surface area (Å²) in [6.07, 6.45) is 1.86. The van der Waals surface area contributed by atoms with Crippen molar-refractivity contribution in [2.24, 2.45) is 0 Å². The molecule has 0 saturated carbocycles. The maximum Gasteiger partial charge on any atom is 0.341 e. The summed E-state index contributed by atoms with van der Waals surface area (Å²) in [6, 6.07) is 1.13. The predicted octanol–water partition coefficient (Wildman–Crippen LogP) is 0.895. The summed E-state index contributed by atoms with van der Waals surface area (Å²) in [6.45, 7) is 7.19. The van der Waals surface area contributed by atoms with Gasteiger partial charge in [0.15, 0.2) is 0 Å². The molecule has 0 spiro atoms. The van der Waals surface area contributed by atoms with Crippen LogP contribution in [0.3, 0.4) is 0 Å². The molecule has 0 bridgehead atoms. The highest BCUT2D eigenvalue weighted by Crippen LogP contribution is 2.23. The Bertz CT molecular complexity index is 684. The Morgan fingerprint density at radius 1 is 1.29 bits per heavy atom. The maximum atomic E-state index is 12.7. The first kappa shape index (κ1) is 18.6. The fourth-order valence-electron chi connectivity index (χ4n) is 2.48. The molecule has 0 radical (unpaired) electrons. The number of hydrogen-bond donors (Lipinski definition) is 1. The molecular weight excluding hydrogens is 334 g/mol. The zero-order valence-electron chi connectivity index (χ0n) is 13.9. The molecule has 134 valence electrons. The van der Waals surface area contributed by atoms with Gasteiger partial charge in [-0.25, -0.2) is 18.2 Å². The number of pyridine rings is 1. The predicted molar refractivity (Wildman–Crippen MR) is 87.9 cm³/mol. The van der Waals surface area contributed by atoms with E-state index in [2.05, 4.69) is 9.88 Å². The summed E-state index contributed by atoms with van der Waals surface area (Å²) in [7, 11) is -3.76.